The van der Waals surface area contributed by atoms with Crippen LogP contribution in [0.2, 0.25) is 0 Å². The first-order valence-corrected chi connectivity index (χ1v) is 5.28. The first-order valence-electron chi connectivity index (χ1n) is 4.31. The fourth-order valence-corrected chi connectivity index (χ4v) is 1.16. The molecule has 0 N–H and O–H groups in total. The molecule has 0 saturated carbocycles. The van der Waals surface area contributed by atoms with E-state index < -0.39 is 11.3 Å². The smallest absolute Gasteiger partial charge is 0.340 e. The Morgan fingerprint density at radius 3 is 2.53 bits per heavy atom. The number of para-hydroxylation sites is 1. The summed E-state index contributed by atoms with van der Waals surface area (Å²) in [5.74, 6) is 0.0357. The molecule has 1 aromatic rings. The molecule has 80 valence electrons. The van der Waals surface area contributed by atoms with Crippen LogP contribution in [0.25, 0.3) is 0 Å². The normalized spacial score (nSPS) is 11.9. The van der Waals surface area contributed by atoms with E-state index in [9.17, 15) is 4.79 Å². The van der Waals surface area contributed by atoms with Crippen LogP contribution in [0.1, 0.15) is 0 Å². The van der Waals surface area contributed by atoms with Crippen LogP contribution in [0.4, 0.5) is 0 Å². The highest BCUT2D eigenvalue weighted by atomic mass is 35.5. The van der Waals surface area contributed by atoms with Crippen molar-refractivity contribution in [3.05, 3.63) is 42.5 Å². The number of carbonyl (C=O) groups excluding carboxylic acids is 1. The Morgan fingerprint density at radius 1 is 1.40 bits per heavy atom. The Kier molecular flexibility index (Phi) is 4.66. The molecule has 15 heavy (non-hydrogen) atoms. The van der Waals surface area contributed by atoms with Crippen LogP contribution in [-0.2, 0) is 4.79 Å². The molecule has 0 amide bonds. The van der Waals surface area contributed by atoms with Crippen LogP contribution in [-0.4, -0.2) is 17.2 Å². The Hall–Kier alpha value is -0.990. The summed E-state index contributed by atoms with van der Waals surface area (Å²) in [5, 5.41) is -0.595. The van der Waals surface area contributed by atoms with Gasteiger partial charge >= 0.3 is 5.97 Å². The molecule has 0 radical (unpaired) electrons. The van der Waals surface area contributed by atoms with Crippen molar-refractivity contribution in [3.63, 3.8) is 0 Å². The zero-order valence-corrected chi connectivity index (χ0v) is 9.46. The van der Waals surface area contributed by atoms with Crippen molar-refractivity contribution in [2.45, 2.75) is 5.38 Å². The van der Waals surface area contributed by atoms with Gasteiger partial charge in [-0.05, 0) is 12.1 Å². The Bertz CT molecular complexity index is 349. The minimum Gasteiger partial charge on any atom is -0.423 e. The largest absolute Gasteiger partial charge is 0.423 e. The number of carbonyl (C=O) groups is 1. The van der Waals surface area contributed by atoms with Gasteiger partial charge in [-0.15, -0.1) is 23.2 Å². The van der Waals surface area contributed by atoms with Gasteiger partial charge in [0, 0.05) is 11.5 Å². The molecule has 1 rings (SSSR count). The molecule has 0 bridgehead atoms. The third kappa shape index (κ3) is 3.57. The molecule has 0 heterocycles. The van der Waals surface area contributed by atoms with Gasteiger partial charge < -0.3 is 4.74 Å². The van der Waals surface area contributed by atoms with Crippen LogP contribution in [0.15, 0.2) is 42.5 Å². The van der Waals surface area contributed by atoms with E-state index in [2.05, 4.69) is 6.58 Å². The number of ether oxygens (including phenoxy) is 1. The standard InChI is InChI=1S/C11H10Cl2O2/c1-8(10(13)7-12)11(14)15-9-5-3-2-4-6-9/h2-6,10H,1,7H2. The van der Waals surface area contributed by atoms with Gasteiger partial charge in [0.15, 0.2) is 0 Å². The highest BCUT2D eigenvalue weighted by molar-refractivity contribution is 6.31. The van der Waals surface area contributed by atoms with Gasteiger partial charge in [0.1, 0.15) is 5.75 Å². The lowest BCUT2D eigenvalue weighted by Crippen LogP contribution is -2.18. The number of hydrogen-bond donors (Lipinski definition) is 0. The van der Waals surface area contributed by atoms with Crippen LogP contribution in [0.5, 0.6) is 5.75 Å². The molecule has 1 atom stereocenters. The maximum Gasteiger partial charge on any atom is 0.340 e. The highest BCUT2D eigenvalue weighted by Gasteiger charge is 2.17. The lowest BCUT2D eigenvalue weighted by Gasteiger charge is -2.08. The molecule has 0 spiro atoms. The van der Waals surface area contributed by atoms with Crippen LogP contribution in [0.3, 0.4) is 0 Å². The van der Waals surface area contributed by atoms with E-state index >= 15 is 0 Å². The number of esters is 1. The minimum absolute atomic E-state index is 0.129. The molecular formula is C11H10Cl2O2. The second-order valence-corrected chi connectivity index (χ2v) is 3.69. The van der Waals surface area contributed by atoms with E-state index in [-0.39, 0.29) is 11.5 Å². The van der Waals surface area contributed by atoms with Crippen LogP contribution in [0, 0.1) is 0 Å². The summed E-state index contributed by atoms with van der Waals surface area (Å²) in [6.07, 6.45) is 0. The molecule has 0 saturated heterocycles. The SMILES string of the molecule is C=C(C(=O)Oc1ccccc1)C(Cl)CCl. The number of benzene rings is 1. The third-order valence-corrected chi connectivity index (χ3v) is 2.61. The molecule has 1 aromatic carbocycles. The van der Waals surface area contributed by atoms with Crippen molar-refractivity contribution < 1.29 is 9.53 Å². The first-order chi connectivity index (χ1) is 7.15. The summed E-state index contributed by atoms with van der Waals surface area (Å²) in [4.78, 5) is 11.4. The average Bonchev–Trinajstić information content (AvgIpc) is 2.28. The monoisotopic (exact) mass is 244 g/mol. The molecule has 0 aromatic heterocycles. The van der Waals surface area contributed by atoms with Crippen LogP contribution < -0.4 is 4.74 Å². The van der Waals surface area contributed by atoms with E-state index in [0.29, 0.717) is 5.75 Å². The first kappa shape index (κ1) is 12.1. The fraction of sp³-hybridized carbons (Fsp3) is 0.182. The number of alkyl halides is 2. The summed E-state index contributed by atoms with van der Waals surface area (Å²) < 4.78 is 5.02. The molecule has 0 aliphatic rings. The van der Waals surface area contributed by atoms with Gasteiger partial charge in [0.05, 0.1) is 5.38 Å². The van der Waals surface area contributed by atoms with Gasteiger partial charge in [-0.25, -0.2) is 4.79 Å². The topological polar surface area (TPSA) is 26.3 Å². The predicted octanol–water partition coefficient (Wildman–Crippen LogP) is 2.99. The average molecular weight is 245 g/mol. The van der Waals surface area contributed by atoms with Crippen molar-refractivity contribution in [1.82, 2.24) is 0 Å². The number of halogens is 2. The lowest BCUT2D eigenvalue weighted by atomic mass is 10.2. The van der Waals surface area contributed by atoms with Gasteiger partial charge in [-0.2, -0.15) is 0 Å². The van der Waals surface area contributed by atoms with Crippen molar-refractivity contribution >= 4 is 29.2 Å². The fourth-order valence-electron chi connectivity index (χ4n) is 0.882. The summed E-state index contributed by atoms with van der Waals surface area (Å²) in [5.41, 5.74) is 0.163. The summed E-state index contributed by atoms with van der Waals surface area (Å²) in [7, 11) is 0. The molecule has 4 heteroatoms. The van der Waals surface area contributed by atoms with E-state index in [4.69, 9.17) is 27.9 Å². The predicted molar refractivity (Wildman–Crippen MR) is 61.6 cm³/mol. The Balaban J connectivity index is 2.60. The maximum atomic E-state index is 11.4. The van der Waals surface area contributed by atoms with Gasteiger partial charge in [0.25, 0.3) is 0 Å². The zero-order chi connectivity index (χ0) is 11.3. The zero-order valence-electron chi connectivity index (χ0n) is 7.95. The molecule has 0 aliphatic heterocycles. The lowest BCUT2D eigenvalue weighted by molar-refractivity contribution is -0.130. The maximum absolute atomic E-state index is 11.4. The molecular weight excluding hydrogens is 235 g/mol. The number of hydrogen-bond acceptors (Lipinski definition) is 2. The number of rotatable bonds is 4. The summed E-state index contributed by atoms with van der Waals surface area (Å²) >= 11 is 11.2. The van der Waals surface area contributed by atoms with Crippen molar-refractivity contribution in [2.24, 2.45) is 0 Å². The second-order valence-electron chi connectivity index (χ2n) is 2.85. The summed E-state index contributed by atoms with van der Waals surface area (Å²) in [6.45, 7) is 3.53. The van der Waals surface area contributed by atoms with Gasteiger partial charge in [0.2, 0.25) is 0 Å². The van der Waals surface area contributed by atoms with Crippen molar-refractivity contribution in [3.8, 4) is 5.75 Å². The minimum atomic E-state index is -0.595. The van der Waals surface area contributed by atoms with Crippen molar-refractivity contribution in [1.29, 1.82) is 0 Å². The molecule has 2 nitrogen and oxygen atoms in total. The van der Waals surface area contributed by atoms with Gasteiger partial charge in [-0.3, -0.25) is 0 Å². The van der Waals surface area contributed by atoms with Crippen molar-refractivity contribution in [2.75, 3.05) is 5.88 Å². The Morgan fingerprint density at radius 2 is 2.00 bits per heavy atom. The van der Waals surface area contributed by atoms with Gasteiger partial charge in [-0.1, -0.05) is 24.8 Å². The highest BCUT2D eigenvalue weighted by Crippen LogP contribution is 2.15. The van der Waals surface area contributed by atoms with E-state index in [0.717, 1.165) is 0 Å². The molecule has 0 aliphatic carbocycles. The van der Waals surface area contributed by atoms with E-state index in [1.54, 1.807) is 24.3 Å². The molecule has 1 unspecified atom stereocenters. The Labute approximate surface area is 98.4 Å². The summed E-state index contributed by atoms with van der Waals surface area (Å²) in [6, 6.07) is 8.72. The quantitative estimate of drug-likeness (QED) is 0.353. The second kappa shape index (κ2) is 5.79. The van der Waals surface area contributed by atoms with Crippen LogP contribution >= 0.6 is 23.2 Å². The molecule has 0 fully saturated rings. The van der Waals surface area contributed by atoms with E-state index in [1.807, 2.05) is 6.07 Å². The third-order valence-electron chi connectivity index (χ3n) is 1.73. The van der Waals surface area contributed by atoms with E-state index in [1.165, 1.54) is 0 Å².